The van der Waals surface area contributed by atoms with Gasteiger partial charge in [0.15, 0.2) is 0 Å². The zero-order valence-corrected chi connectivity index (χ0v) is 13.5. The highest BCUT2D eigenvalue weighted by atomic mass is 16.2. The number of amides is 1. The molecule has 0 N–H and O–H groups in total. The van der Waals surface area contributed by atoms with E-state index in [1.807, 2.05) is 11.0 Å². The summed E-state index contributed by atoms with van der Waals surface area (Å²) < 4.78 is 0. The summed E-state index contributed by atoms with van der Waals surface area (Å²) in [6.45, 7) is 7.45. The van der Waals surface area contributed by atoms with Crippen LogP contribution in [-0.2, 0) is 0 Å². The summed E-state index contributed by atoms with van der Waals surface area (Å²) in [5.41, 5.74) is 1.28. The van der Waals surface area contributed by atoms with E-state index in [-0.39, 0.29) is 11.4 Å². The number of hydrogen-bond donors (Lipinski definition) is 0. The summed E-state index contributed by atoms with van der Waals surface area (Å²) in [7, 11) is 0. The second-order valence-electron chi connectivity index (χ2n) is 6.59. The van der Waals surface area contributed by atoms with Gasteiger partial charge >= 0.3 is 0 Å². The van der Waals surface area contributed by atoms with Crippen molar-refractivity contribution in [3.05, 3.63) is 48.0 Å². The third kappa shape index (κ3) is 3.02. The van der Waals surface area contributed by atoms with Crippen LogP contribution in [0.15, 0.2) is 36.9 Å². The Balaban J connectivity index is 1.79. The van der Waals surface area contributed by atoms with Crippen LogP contribution in [0.4, 0.5) is 0 Å². The Bertz CT molecular complexity index is 648. The summed E-state index contributed by atoms with van der Waals surface area (Å²) in [4.78, 5) is 17.3. The summed E-state index contributed by atoms with van der Waals surface area (Å²) >= 11 is 0. The molecule has 2 aliphatic heterocycles. The molecule has 2 heterocycles. The highest BCUT2D eigenvalue weighted by molar-refractivity contribution is 5.94. The maximum atomic E-state index is 12.9. The highest BCUT2D eigenvalue weighted by Crippen LogP contribution is 2.37. The second-order valence-corrected chi connectivity index (χ2v) is 6.59. The summed E-state index contributed by atoms with van der Waals surface area (Å²) in [6.07, 6.45) is 6.51. The summed E-state index contributed by atoms with van der Waals surface area (Å²) in [6, 6.07) is 9.12. The first-order valence-corrected chi connectivity index (χ1v) is 8.34. The van der Waals surface area contributed by atoms with Crippen LogP contribution in [0.1, 0.15) is 41.6 Å². The van der Waals surface area contributed by atoms with Crippen LogP contribution in [0.2, 0.25) is 0 Å². The van der Waals surface area contributed by atoms with E-state index in [0.29, 0.717) is 11.1 Å². The largest absolute Gasteiger partial charge is 0.337 e. The van der Waals surface area contributed by atoms with E-state index in [9.17, 15) is 4.79 Å². The van der Waals surface area contributed by atoms with Crippen LogP contribution in [0.25, 0.3) is 0 Å². The highest BCUT2D eigenvalue weighted by Gasteiger charge is 2.44. The summed E-state index contributed by atoms with van der Waals surface area (Å²) in [5, 5.41) is 9.02. The Kier molecular flexibility index (Phi) is 4.49. The van der Waals surface area contributed by atoms with E-state index < -0.39 is 0 Å². The number of hydrogen-bond acceptors (Lipinski definition) is 3. The molecular formula is C19H23N3O. The number of benzene rings is 1. The Morgan fingerprint density at radius 3 is 2.87 bits per heavy atom. The van der Waals surface area contributed by atoms with Crippen LogP contribution in [0.5, 0.6) is 0 Å². The molecule has 0 saturated carbocycles. The topological polar surface area (TPSA) is 47.3 Å². The van der Waals surface area contributed by atoms with Crippen molar-refractivity contribution < 1.29 is 4.79 Å². The molecule has 0 bridgehead atoms. The lowest BCUT2D eigenvalue weighted by molar-refractivity contribution is 0.0367. The van der Waals surface area contributed by atoms with Crippen molar-refractivity contribution in [1.29, 1.82) is 5.26 Å². The van der Waals surface area contributed by atoms with E-state index in [2.05, 4.69) is 17.5 Å². The number of carbonyl (C=O) groups is 1. The fraction of sp³-hybridized carbons (Fsp3) is 0.474. The first-order valence-electron chi connectivity index (χ1n) is 8.34. The van der Waals surface area contributed by atoms with Gasteiger partial charge in [0.2, 0.25) is 0 Å². The predicted molar refractivity (Wildman–Crippen MR) is 90.0 cm³/mol. The standard InChI is InChI=1S/C19H23N3O/c1-2-10-22-12-5-9-19(22)8-4-11-21(15-19)18(23)17-7-3-6-16(13-17)14-20/h2-3,6-7,13H,1,4-5,8-12,15H2. The molecule has 1 aromatic carbocycles. The van der Waals surface area contributed by atoms with Crippen LogP contribution in [-0.4, -0.2) is 47.4 Å². The zero-order chi connectivity index (χ0) is 16.3. The molecule has 23 heavy (non-hydrogen) atoms. The molecule has 2 fully saturated rings. The molecule has 1 spiro atoms. The van der Waals surface area contributed by atoms with Crippen LogP contribution < -0.4 is 0 Å². The molecule has 2 aliphatic rings. The fourth-order valence-electron chi connectivity index (χ4n) is 4.09. The van der Waals surface area contributed by atoms with Crippen LogP contribution in [0, 0.1) is 11.3 Å². The van der Waals surface area contributed by atoms with Crippen molar-refractivity contribution >= 4 is 5.91 Å². The van der Waals surface area contributed by atoms with Gasteiger partial charge in [0.1, 0.15) is 0 Å². The van der Waals surface area contributed by atoms with Gasteiger partial charge in [-0.2, -0.15) is 5.26 Å². The number of nitriles is 1. The number of likely N-dealkylation sites (tertiary alicyclic amines) is 2. The van der Waals surface area contributed by atoms with Gasteiger partial charge in [-0.3, -0.25) is 9.69 Å². The van der Waals surface area contributed by atoms with Gasteiger partial charge in [-0.15, -0.1) is 6.58 Å². The number of nitrogens with zero attached hydrogens (tertiary/aromatic N) is 3. The van der Waals surface area contributed by atoms with Crippen molar-refractivity contribution in [3.63, 3.8) is 0 Å². The molecule has 1 atom stereocenters. The monoisotopic (exact) mass is 309 g/mol. The van der Waals surface area contributed by atoms with Crippen molar-refractivity contribution in [1.82, 2.24) is 9.80 Å². The minimum atomic E-state index is 0.0478. The molecule has 120 valence electrons. The van der Waals surface area contributed by atoms with Gasteiger partial charge in [-0.1, -0.05) is 12.1 Å². The van der Waals surface area contributed by atoms with Gasteiger partial charge in [-0.25, -0.2) is 0 Å². The normalized spacial score (nSPS) is 24.6. The second kappa shape index (κ2) is 6.55. The van der Waals surface area contributed by atoms with Gasteiger partial charge in [0.25, 0.3) is 5.91 Å². The molecule has 1 unspecified atom stereocenters. The average Bonchev–Trinajstić information content (AvgIpc) is 2.96. The van der Waals surface area contributed by atoms with Gasteiger partial charge in [-0.05, 0) is 50.4 Å². The Hall–Kier alpha value is -2.12. The van der Waals surface area contributed by atoms with Crippen molar-refractivity contribution in [2.45, 2.75) is 31.2 Å². The first kappa shape index (κ1) is 15.8. The van der Waals surface area contributed by atoms with Crippen LogP contribution >= 0.6 is 0 Å². The molecule has 0 aliphatic carbocycles. The summed E-state index contributed by atoms with van der Waals surface area (Å²) in [5.74, 6) is 0.0478. The molecule has 4 heteroatoms. The minimum absolute atomic E-state index is 0.0478. The maximum absolute atomic E-state index is 12.9. The SMILES string of the molecule is C=CCN1CCCC12CCCN(C(=O)c1cccc(C#N)c1)C2. The molecule has 0 radical (unpaired) electrons. The molecular weight excluding hydrogens is 286 g/mol. The smallest absolute Gasteiger partial charge is 0.253 e. The van der Waals surface area contributed by atoms with E-state index >= 15 is 0 Å². The Morgan fingerprint density at radius 2 is 2.13 bits per heavy atom. The third-order valence-electron chi connectivity index (χ3n) is 5.17. The average molecular weight is 309 g/mol. The molecule has 1 amide bonds. The maximum Gasteiger partial charge on any atom is 0.253 e. The third-order valence-corrected chi connectivity index (χ3v) is 5.17. The minimum Gasteiger partial charge on any atom is -0.337 e. The number of rotatable bonds is 3. The van der Waals surface area contributed by atoms with Crippen molar-refractivity contribution in [2.75, 3.05) is 26.2 Å². The Labute approximate surface area is 138 Å². The van der Waals surface area contributed by atoms with Crippen LogP contribution in [0.3, 0.4) is 0 Å². The fourth-order valence-corrected chi connectivity index (χ4v) is 4.09. The quantitative estimate of drug-likeness (QED) is 0.807. The lowest BCUT2D eigenvalue weighted by Gasteiger charge is -2.45. The van der Waals surface area contributed by atoms with Gasteiger partial charge in [0, 0.05) is 30.7 Å². The molecule has 2 saturated heterocycles. The van der Waals surface area contributed by atoms with E-state index in [1.165, 1.54) is 6.42 Å². The lowest BCUT2D eigenvalue weighted by atomic mass is 9.86. The van der Waals surface area contributed by atoms with E-state index in [1.54, 1.807) is 24.3 Å². The Morgan fingerprint density at radius 1 is 1.35 bits per heavy atom. The predicted octanol–water partition coefficient (Wildman–Crippen LogP) is 2.81. The van der Waals surface area contributed by atoms with Crippen molar-refractivity contribution in [2.24, 2.45) is 0 Å². The first-order chi connectivity index (χ1) is 11.2. The number of carbonyl (C=O) groups excluding carboxylic acids is 1. The number of piperidine rings is 1. The lowest BCUT2D eigenvalue weighted by Crippen LogP contribution is -2.56. The molecule has 4 nitrogen and oxygen atoms in total. The van der Waals surface area contributed by atoms with E-state index in [4.69, 9.17) is 5.26 Å². The molecule has 0 aromatic heterocycles. The van der Waals surface area contributed by atoms with E-state index in [0.717, 1.165) is 45.4 Å². The molecule has 3 rings (SSSR count). The molecule has 1 aromatic rings. The zero-order valence-electron chi connectivity index (χ0n) is 13.5. The van der Waals surface area contributed by atoms with Gasteiger partial charge in [0.05, 0.1) is 11.6 Å². The van der Waals surface area contributed by atoms with Gasteiger partial charge < -0.3 is 4.90 Å². The van der Waals surface area contributed by atoms with Crippen molar-refractivity contribution in [3.8, 4) is 6.07 Å².